The van der Waals surface area contributed by atoms with E-state index in [0.717, 1.165) is 5.56 Å². The summed E-state index contributed by atoms with van der Waals surface area (Å²) in [5, 5.41) is 0. The van der Waals surface area contributed by atoms with Gasteiger partial charge in [-0.15, -0.1) is 0 Å². The van der Waals surface area contributed by atoms with E-state index in [-0.39, 0.29) is 0 Å². The molecule has 0 spiro atoms. The molecule has 0 aromatic heterocycles. The number of benzene rings is 2. The van der Waals surface area contributed by atoms with Crippen molar-refractivity contribution in [1.29, 1.82) is 0 Å². The third-order valence-corrected chi connectivity index (χ3v) is 2.71. The molecule has 3 heteroatoms. The highest BCUT2D eigenvalue weighted by atomic mass is 16.5. The van der Waals surface area contributed by atoms with Crippen molar-refractivity contribution in [1.82, 2.24) is 0 Å². The van der Waals surface area contributed by atoms with Crippen molar-refractivity contribution < 1.29 is 9.53 Å². The first kappa shape index (κ1) is 12.9. The van der Waals surface area contributed by atoms with E-state index in [4.69, 9.17) is 10.5 Å². The van der Waals surface area contributed by atoms with Gasteiger partial charge in [0.2, 0.25) is 5.91 Å². The summed E-state index contributed by atoms with van der Waals surface area (Å²) in [5.41, 5.74) is 6.57. The molecule has 0 fully saturated rings. The number of primary amides is 1. The Labute approximate surface area is 112 Å². The van der Waals surface area contributed by atoms with Gasteiger partial charge in [0.05, 0.1) is 5.57 Å². The Morgan fingerprint density at radius 3 is 2.00 bits per heavy atom. The summed E-state index contributed by atoms with van der Waals surface area (Å²) >= 11 is 0. The lowest BCUT2D eigenvalue weighted by Crippen LogP contribution is -2.15. The molecule has 2 N–H and O–H groups in total. The van der Waals surface area contributed by atoms with Gasteiger partial charge in [0.25, 0.3) is 0 Å². The Morgan fingerprint density at radius 1 is 0.947 bits per heavy atom. The third kappa shape index (κ3) is 3.22. The highest BCUT2D eigenvalue weighted by Crippen LogP contribution is 2.23. The highest BCUT2D eigenvalue weighted by molar-refractivity contribution is 5.98. The van der Waals surface area contributed by atoms with Gasteiger partial charge in [0, 0.05) is 5.56 Å². The number of rotatable bonds is 4. The first-order valence-electron chi connectivity index (χ1n) is 5.97. The molecule has 3 nitrogen and oxygen atoms in total. The molecule has 2 aromatic rings. The Hall–Kier alpha value is -2.55. The second kappa shape index (κ2) is 5.87. The quantitative estimate of drug-likeness (QED) is 0.672. The molecule has 0 bridgehead atoms. The van der Waals surface area contributed by atoms with Crippen molar-refractivity contribution in [2.24, 2.45) is 5.73 Å². The molecule has 0 radical (unpaired) electrons. The summed E-state index contributed by atoms with van der Waals surface area (Å²) in [5.74, 6) is 0.663. The van der Waals surface area contributed by atoms with Crippen LogP contribution in [0.2, 0.25) is 0 Å². The zero-order valence-electron chi connectivity index (χ0n) is 10.7. The van der Waals surface area contributed by atoms with Gasteiger partial charge >= 0.3 is 0 Å². The number of amides is 1. The van der Waals surface area contributed by atoms with Crippen LogP contribution >= 0.6 is 0 Å². The lowest BCUT2D eigenvalue weighted by Gasteiger charge is -2.12. The van der Waals surface area contributed by atoms with Crippen molar-refractivity contribution >= 4 is 11.7 Å². The Kier molecular flexibility index (Phi) is 3.98. The van der Waals surface area contributed by atoms with Crippen molar-refractivity contribution in [3.8, 4) is 5.75 Å². The molecule has 0 saturated carbocycles. The second-order valence-corrected chi connectivity index (χ2v) is 4.10. The van der Waals surface area contributed by atoms with Gasteiger partial charge in [-0.2, -0.15) is 0 Å². The fraction of sp³-hybridized carbons (Fsp3) is 0.0625. The van der Waals surface area contributed by atoms with E-state index in [2.05, 4.69) is 0 Å². The average Bonchev–Trinajstić information content (AvgIpc) is 2.46. The summed E-state index contributed by atoms with van der Waals surface area (Å²) in [7, 11) is 0. The molecule has 1 amide bonds. The van der Waals surface area contributed by atoms with Gasteiger partial charge in [0.15, 0.2) is 0 Å². The van der Waals surface area contributed by atoms with E-state index in [9.17, 15) is 4.79 Å². The number of nitrogens with two attached hydrogens (primary N) is 1. The molecule has 0 unspecified atom stereocenters. The van der Waals surface area contributed by atoms with Crippen molar-refractivity contribution in [2.45, 2.75) is 6.92 Å². The van der Waals surface area contributed by atoms with Crippen LogP contribution in [0, 0.1) is 0 Å². The minimum absolute atomic E-state index is 0.398. The van der Waals surface area contributed by atoms with E-state index in [1.165, 1.54) is 0 Å². The maximum Gasteiger partial charge on any atom is 0.248 e. The highest BCUT2D eigenvalue weighted by Gasteiger charge is 2.12. The van der Waals surface area contributed by atoms with Crippen molar-refractivity contribution in [3.63, 3.8) is 0 Å². The molecule has 0 aliphatic rings. The molecule has 0 aliphatic heterocycles. The van der Waals surface area contributed by atoms with Gasteiger partial charge in [0.1, 0.15) is 11.5 Å². The van der Waals surface area contributed by atoms with Crippen LogP contribution in [0.4, 0.5) is 0 Å². The first-order chi connectivity index (χ1) is 9.18. The standard InChI is InChI=1S/C16H15NO2/c1-12(16(17)18)15(13-8-4-2-5-9-13)19-14-10-6-3-7-11-14/h2-11H,1H3,(H2,17,18). The summed E-state index contributed by atoms with van der Waals surface area (Å²) in [4.78, 5) is 11.4. The van der Waals surface area contributed by atoms with Crippen LogP contribution in [0.25, 0.3) is 5.76 Å². The minimum atomic E-state index is -0.491. The van der Waals surface area contributed by atoms with E-state index < -0.39 is 5.91 Å². The lowest BCUT2D eigenvalue weighted by atomic mass is 10.1. The van der Waals surface area contributed by atoms with Crippen LogP contribution in [0.1, 0.15) is 12.5 Å². The van der Waals surface area contributed by atoms with E-state index in [0.29, 0.717) is 17.1 Å². The summed E-state index contributed by atoms with van der Waals surface area (Å²) in [6, 6.07) is 18.7. The Balaban J connectivity index is 2.42. The van der Waals surface area contributed by atoms with E-state index >= 15 is 0 Å². The Morgan fingerprint density at radius 2 is 1.47 bits per heavy atom. The molecule has 0 heterocycles. The van der Waals surface area contributed by atoms with Gasteiger partial charge < -0.3 is 10.5 Å². The first-order valence-corrected chi connectivity index (χ1v) is 5.97. The maximum atomic E-state index is 11.4. The van der Waals surface area contributed by atoms with E-state index in [1.807, 2.05) is 60.7 Å². The Bertz CT molecular complexity index is 589. The predicted octanol–water partition coefficient (Wildman–Crippen LogP) is 2.98. The fourth-order valence-electron chi connectivity index (χ4n) is 1.66. The molecule has 19 heavy (non-hydrogen) atoms. The summed E-state index contributed by atoms with van der Waals surface area (Å²) in [6.07, 6.45) is 0. The van der Waals surface area contributed by atoms with Crippen LogP contribution in [0.15, 0.2) is 66.2 Å². The van der Waals surface area contributed by atoms with Crippen molar-refractivity contribution in [2.75, 3.05) is 0 Å². The molecule has 0 aliphatic carbocycles. The molecular weight excluding hydrogens is 238 g/mol. The second-order valence-electron chi connectivity index (χ2n) is 4.10. The molecule has 0 atom stereocenters. The predicted molar refractivity (Wildman–Crippen MR) is 75.3 cm³/mol. The SMILES string of the molecule is CC(C(N)=O)=C(Oc1ccccc1)c1ccccc1. The smallest absolute Gasteiger partial charge is 0.248 e. The van der Waals surface area contributed by atoms with Gasteiger partial charge in [-0.3, -0.25) is 4.79 Å². The topological polar surface area (TPSA) is 52.3 Å². The fourth-order valence-corrected chi connectivity index (χ4v) is 1.66. The van der Waals surface area contributed by atoms with Crippen LogP contribution in [-0.2, 0) is 4.79 Å². The molecule has 2 rings (SSSR count). The van der Waals surface area contributed by atoms with Gasteiger partial charge in [-0.05, 0) is 19.1 Å². The average molecular weight is 253 g/mol. The summed E-state index contributed by atoms with van der Waals surface area (Å²) < 4.78 is 5.80. The molecule has 0 saturated heterocycles. The molecular formula is C16H15NO2. The zero-order valence-corrected chi connectivity index (χ0v) is 10.7. The van der Waals surface area contributed by atoms with Crippen LogP contribution < -0.4 is 10.5 Å². The van der Waals surface area contributed by atoms with Crippen LogP contribution in [0.3, 0.4) is 0 Å². The number of para-hydroxylation sites is 1. The van der Waals surface area contributed by atoms with E-state index in [1.54, 1.807) is 6.92 Å². The summed E-state index contributed by atoms with van der Waals surface area (Å²) in [6.45, 7) is 1.66. The minimum Gasteiger partial charge on any atom is -0.456 e. The number of carbonyl (C=O) groups excluding carboxylic acids is 1. The monoisotopic (exact) mass is 253 g/mol. The lowest BCUT2D eigenvalue weighted by molar-refractivity contribution is -0.114. The zero-order chi connectivity index (χ0) is 13.7. The van der Waals surface area contributed by atoms with Crippen LogP contribution in [0.5, 0.6) is 5.75 Å². The molecule has 2 aromatic carbocycles. The molecule has 96 valence electrons. The number of carbonyl (C=O) groups is 1. The number of hydrogen-bond donors (Lipinski definition) is 1. The van der Waals surface area contributed by atoms with Crippen molar-refractivity contribution in [3.05, 3.63) is 71.8 Å². The third-order valence-electron chi connectivity index (χ3n) is 2.71. The van der Waals surface area contributed by atoms with Gasteiger partial charge in [-0.1, -0.05) is 48.5 Å². The maximum absolute atomic E-state index is 11.4. The van der Waals surface area contributed by atoms with Crippen LogP contribution in [-0.4, -0.2) is 5.91 Å². The van der Waals surface area contributed by atoms with Gasteiger partial charge in [-0.25, -0.2) is 0 Å². The number of hydrogen-bond acceptors (Lipinski definition) is 2. The number of ether oxygens (including phenoxy) is 1. The largest absolute Gasteiger partial charge is 0.456 e. The normalized spacial score (nSPS) is 11.6.